The second-order valence-electron chi connectivity index (χ2n) is 6.37. The van der Waals surface area contributed by atoms with Crippen molar-refractivity contribution in [3.8, 4) is 5.75 Å². The zero-order chi connectivity index (χ0) is 21.6. The van der Waals surface area contributed by atoms with E-state index in [0.717, 1.165) is 16.9 Å². The molecule has 2 aromatic carbocycles. The summed E-state index contributed by atoms with van der Waals surface area (Å²) in [6.07, 6.45) is 0.218. The van der Waals surface area contributed by atoms with Crippen molar-refractivity contribution in [2.24, 2.45) is 0 Å². The van der Waals surface area contributed by atoms with Gasteiger partial charge in [-0.25, -0.2) is 8.42 Å². The summed E-state index contributed by atoms with van der Waals surface area (Å²) in [5, 5.41) is 2.78. The zero-order valence-corrected chi connectivity index (χ0v) is 19.4. The van der Waals surface area contributed by atoms with Crippen LogP contribution in [0.15, 0.2) is 74.7 Å². The molecule has 0 fully saturated rings. The van der Waals surface area contributed by atoms with Crippen LogP contribution in [0.3, 0.4) is 0 Å². The maximum atomic E-state index is 13.0. The fourth-order valence-corrected chi connectivity index (χ4v) is 5.98. The molecule has 1 aromatic heterocycles. The Bertz CT molecular complexity index is 1080. The van der Waals surface area contributed by atoms with Crippen LogP contribution in [-0.4, -0.2) is 27.0 Å². The van der Waals surface area contributed by atoms with Gasteiger partial charge in [0.1, 0.15) is 16.0 Å². The fraction of sp³-hybridized carbons (Fsp3) is 0.190. The van der Waals surface area contributed by atoms with E-state index >= 15 is 0 Å². The quantitative estimate of drug-likeness (QED) is 0.447. The van der Waals surface area contributed by atoms with Gasteiger partial charge in [-0.15, -0.1) is 11.3 Å². The molecule has 9 heteroatoms. The molecular weight excluding hydrogens is 488 g/mol. The predicted molar refractivity (Wildman–Crippen MR) is 123 cm³/mol. The highest BCUT2D eigenvalue weighted by atomic mass is 79.9. The number of thiophene rings is 1. The Morgan fingerprint density at radius 3 is 2.37 bits per heavy atom. The summed E-state index contributed by atoms with van der Waals surface area (Å²) in [6, 6.07) is 18.4. The van der Waals surface area contributed by atoms with Gasteiger partial charge < -0.3 is 10.1 Å². The van der Waals surface area contributed by atoms with E-state index < -0.39 is 22.0 Å². The minimum absolute atomic E-state index is 0.140. The number of anilines is 1. The monoisotopic (exact) mass is 508 g/mol. The van der Waals surface area contributed by atoms with Crippen molar-refractivity contribution < 1.29 is 17.9 Å². The maximum Gasteiger partial charge on any atom is 0.250 e. The lowest BCUT2D eigenvalue weighted by atomic mass is 10.1. The van der Waals surface area contributed by atoms with Crippen molar-refractivity contribution in [2.75, 3.05) is 11.9 Å². The third kappa shape index (κ3) is 6.15. The summed E-state index contributed by atoms with van der Waals surface area (Å²) in [5.74, 6) is 0.252. The average Bonchev–Trinajstić information content (AvgIpc) is 3.17. The van der Waals surface area contributed by atoms with E-state index in [0.29, 0.717) is 21.8 Å². The third-order valence-corrected chi connectivity index (χ3v) is 7.73. The summed E-state index contributed by atoms with van der Waals surface area (Å²) in [6.45, 7) is 2.44. The highest BCUT2D eigenvalue weighted by Gasteiger charge is 2.27. The van der Waals surface area contributed by atoms with E-state index in [9.17, 15) is 13.2 Å². The van der Waals surface area contributed by atoms with Crippen molar-refractivity contribution in [3.63, 3.8) is 0 Å². The lowest BCUT2D eigenvalue weighted by Gasteiger charge is -2.18. The van der Waals surface area contributed by atoms with Crippen molar-refractivity contribution in [1.29, 1.82) is 0 Å². The minimum Gasteiger partial charge on any atom is -0.494 e. The molecule has 1 amide bonds. The molecule has 1 atom stereocenters. The first-order chi connectivity index (χ1) is 14.4. The molecule has 0 aliphatic heterocycles. The maximum absolute atomic E-state index is 13.0. The largest absolute Gasteiger partial charge is 0.494 e. The number of carbonyl (C=O) groups excluding carboxylic acids is 1. The molecule has 0 spiro atoms. The van der Waals surface area contributed by atoms with Crippen LogP contribution in [0, 0.1) is 0 Å². The van der Waals surface area contributed by atoms with Crippen molar-refractivity contribution in [2.45, 2.75) is 23.6 Å². The molecule has 6 nitrogen and oxygen atoms in total. The first kappa shape index (κ1) is 22.5. The Morgan fingerprint density at radius 1 is 1.07 bits per heavy atom. The van der Waals surface area contributed by atoms with Gasteiger partial charge in [-0.05, 0) is 71.2 Å². The van der Waals surface area contributed by atoms with Gasteiger partial charge in [-0.1, -0.05) is 30.3 Å². The van der Waals surface area contributed by atoms with Gasteiger partial charge in [0.15, 0.2) is 0 Å². The van der Waals surface area contributed by atoms with Crippen LogP contribution in [0.25, 0.3) is 0 Å². The smallest absolute Gasteiger partial charge is 0.250 e. The third-order valence-electron chi connectivity index (χ3n) is 4.14. The lowest BCUT2D eigenvalue weighted by Crippen LogP contribution is -2.45. The zero-order valence-electron chi connectivity index (χ0n) is 16.2. The van der Waals surface area contributed by atoms with Gasteiger partial charge >= 0.3 is 0 Å². The highest BCUT2D eigenvalue weighted by molar-refractivity contribution is 9.11. The Balaban J connectivity index is 1.80. The lowest BCUT2D eigenvalue weighted by molar-refractivity contribution is -0.117. The Morgan fingerprint density at radius 2 is 1.77 bits per heavy atom. The SMILES string of the molecule is CCOc1ccc(NC(=O)C(Cc2ccccc2)NS(=O)(=O)c2ccc(Br)s2)cc1. The Labute approximate surface area is 188 Å². The average molecular weight is 509 g/mol. The molecule has 0 aliphatic rings. The molecule has 158 valence electrons. The number of hydrogen-bond donors (Lipinski definition) is 2. The van der Waals surface area contributed by atoms with Crippen molar-refractivity contribution >= 4 is 48.9 Å². The van der Waals surface area contributed by atoms with Crippen LogP contribution in [-0.2, 0) is 21.2 Å². The number of benzene rings is 2. The molecule has 30 heavy (non-hydrogen) atoms. The summed E-state index contributed by atoms with van der Waals surface area (Å²) >= 11 is 4.36. The van der Waals surface area contributed by atoms with Crippen molar-refractivity contribution in [1.82, 2.24) is 4.72 Å². The number of halogens is 1. The van der Waals surface area contributed by atoms with Gasteiger partial charge in [0.25, 0.3) is 10.0 Å². The van der Waals surface area contributed by atoms with Gasteiger partial charge in [0.2, 0.25) is 5.91 Å². The molecular formula is C21H21BrN2O4S2. The van der Waals surface area contributed by atoms with Gasteiger partial charge in [-0.3, -0.25) is 4.79 Å². The Hall–Kier alpha value is -2.20. The predicted octanol–water partition coefficient (Wildman–Crippen LogP) is 4.44. The van der Waals surface area contributed by atoms with Gasteiger partial charge in [0.05, 0.1) is 10.4 Å². The molecule has 3 aromatic rings. The number of ether oxygens (including phenoxy) is 1. The summed E-state index contributed by atoms with van der Waals surface area (Å²) in [4.78, 5) is 13.0. The van der Waals surface area contributed by atoms with E-state index in [-0.39, 0.29) is 10.6 Å². The second kappa shape index (κ2) is 10.2. The minimum atomic E-state index is -3.85. The fourth-order valence-electron chi connectivity index (χ4n) is 2.76. The normalized spacial score (nSPS) is 12.3. The summed E-state index contributed by atoms with van der Waals surface area (Å²) < 4.78 is 34.4. The second-order valence-corrected chi connectivity index (χ2v) is 10.8. The van der Waals surface area contributed by atoms with E-state index in [4.69, 9.17) is 4.74 Å². The van der Waals surface area contributed by atoms with Gasteiger partial charge in [0, 0.05) is 5.69 Å². The van der Waals surface area contributed by atoms with Crippen molar-refractivity contribution in [3.05, 3.63) is 76.1 Å². The molecule has 1 heterocycles. The molecule has 2 N–H and O–H groups in total. The number of rotatable bonds is 9. The van der Waals surface area contributed by atoms with Crippen LogP contribution in [0.1, 0.15) is 12.5 Å². The van der Waals surface area contributed by atoms with E-state index in [1.165, 1.54) is 6.07 Å². The molecule has 1 unspecified atom stereocenters. The number of amides is 1. The van der Waals surface area contributed by atoms with Crippen LogP contribution < -0.4 is 14.8 Å². The van der Waals surface area contributed by atoms with E-state index in [1.54, 1.807) is 30.3 Å². The first-order valence-corrected chi connectivity index (χ1v) is 12.3. The van der Waals surface area contributed by atoms with Crippen LogP contribution in [0.4, 0.5) is 5.69 Å². The number of sulfonamides is 1. The standard InChI is InChI=1S/C21H21BrN2O4S2/c1-2-28-17-10-8-16(9-11-17)23-21(25)18(14-15-6-4-3-5-7-15)24-30(26,27)20-13-12-19(22)29-20/h3-13,18,24H,2,14H2,1H3,(H,23,25). The number of carbonyl (C=O) groups is 1. The summed E-state index contributed by atoms with van der Waals surface area (Å²) in [7, 11) is -3.85. The van der Waals surface area contributed by atoms with Gasteiger partial charge in [-0.2, -0.15) is 4.72 Å². The van der Waals surface area contributed by atoms with E-state index in [2.05, 4.69) is 26.0 Å². The number of nitrogens with one attached hydrogen (secondary N) is 2. The molecule has 0 bridgehead atoms. The number of hydrogen-bond acceptors (Lipinski definition) is 5. The highest BCUT2D eigenvalue weighted by Crippen LogP contribution is 2.26. The molecule has 0 radical (unpaired) electrons. The van der Waals surface area contributed by atoms with Crippen LogP contribution in [0.5, 0.6) is 5.75 Å². The topological polar surface area (TPSA) is 84.5 Å². The van der Waals surface area contributed by atoms with Crippen LogP contribution >= 0.6 is 27.3 Å². The molecule has 3 rings (SSSR count). The summed E-state index contributed by atoms with van der Waals surface area (Å²) in [5.41, 5.74) is 1.40. The molecule has 0 saturated heterocycles. The molecule has 0 saturated carbocycles. The Kier molecular flexibility index (Phi) is 7.65. The molecule has 0 aliphatic carbocycles. The van der Waals surface area contributed by atoms with E-state index in [1.807, 2.05) is 37.3 Å². The van der Waals surface area contributed by atoms with Crippen LogP contribution in [0.2, 0.25) is 0 Å². The first-order valence-electron chi connectivity index (χ1n) is 9.22.